The van der Waals surface area contributed by atoms with E-state index in [1.54, 1.807) is 12.1 Å². The van der Waals surface area contributed by atoms with E-state index in [1.165, 1.54) is 12.1 Å². The van der Waals surface area contributed by atoms with Crippen molar-refractivity contribution in [2.45, 2.75) is 12.0 Å². The van der Waals surface area contributed by atoms with E-state index in [0.29, 0.717) is 17.9 Å². The predicted molar refractivity (Wildman–Crippen MR) is 80.1 cm³/mol. The number of rotatable bonds is 1. The molecule has 0 amide bonds. The third-order valence-corrected chi connectivity index (χ3v) is 4.21. The maximum absolute atomic E-state index is 13.6. The van der Waals surface area contributed by atoms with Crippen molar-refractivity contribution in [2.75, 3.05) is 18.0 Å². The average molecular weight is 282 g/mol. The molecule has 0 radical (unpaired) electrons. The van der Waals surface area contributed by atoms with Crippen molar-refractivity contribution >= 4 is 11.5 Å². The van der Waals surface area contributed by atoms with Crippen LogP contribution in [-0.2, 0) is 5.60 Å². The van der Waals surface area contributed by atoms with Gasteiger partial charge in [0, 0.05) is 24.3 Å². The second-order valence-corrected chi connectivity index (χ2v) is 5.45. The highest BCUT2D eigenvalue weighted by Crippen LogP contribution is 2.45. The SMILES string of the molecule is OC1(c2cccc(F)c2)C2=NCCCN2c2ccccc21. The molecule has 3 nitrogen and oxygen atoms in total. The predicted octanol–water partition coefficient (Wildman–Crippen LogP) is 2.68. The van der Waals surface area contributed by atoms with Crippen LogP contribution in [0.4, 0.5) is 10.1 Å². The molecule has 2 heterocycles. The molecular weight excluding hydrogens is 267 g/mol. The number of hydrogen-bond acceptors (Lipinski definition) is 3. The number of fused-ring (bicyclic) bond motifs is 3. The van der Waals surface area contributed by atoms with Crippen LogP contribution in [0.3, 0.4) is 0 Å². The van der Waals surface area contributed by atoms with E-state index in [4.69, 9.17) is 0 Å². The monoisotopic (exact) mass is 282 g/mol. The normalized spacial score (nSPS) is 23.5. The molecule has 106 valence electrons. The van der Waals surface area contributed by atoms with Crippen molar-refractivity contribution in [3.8, 4) is 0 Å². The first kappa shape index (κ1) is 12.5. The van der Waals surface area contributed by atoms with Gasteiger partial charge in [-0.15, -0.1) is 0 Å². The van der Waals surface area contributed by atoms with Gasteiger partial charge in [-0.1, -0.05) is 30.3 Å². The van der Waals surface area contributed by atoms with Gasteiger partial charge in [0.2, 0.25) is 0 Å². The Morgan fingerprint density at radius 3 is 2.86 bits per heavy atom. The Bertz CT molecular complexity index is 743. The fraction of sp³-hybridized carbons (Fsp3) is 0.235. The molecule has 0 saturated heterocycles. The minimum absolute atomic E-state index is 0.353. The third kappa shape index (κ3) is 1.66. The van der Waals surface area contributed by atoms with Gasteiger partial charge in [0.05, 0.1) is 0 Å². The summed E-state index contributed by atoms with van der Waals surface area (Å²) < 4.78 is 13.6. The van der Waals surface area contributed by atoms with E-state index >= 15 is 0 Å². The number of benzene rings is 2. The van der Waals surface area contributed by atoms with Crippen molar-refractivity contribution in [1.82, 2.24) is 0 Å². The number of amidine groups is 1. The van der Waals surface area contributed by atoms with E-state index < -0.39 is 5.60 Å². The highest BCUT2D eigenvalue weighted by Gasteiger charge is 2.49. The lowest BCUT2D eigenvalue weighted by molar-refractivity contribution is 0.158. The van der Waals surface area contributed by atoms with Gasteiger partial charge in [-0.05, 0) is 30.2 Å². The lowest BCUT2D eigenvalue weighted by Crippen LogP contribution is -2.44. The first-order valence-electron chi connectivity index (χ1n) is 7.11. The van der Waals surface area contributed by atoms with Gasteiger partial charge in [0.25, 0.3) is 0 Å². The molecular formula is C17H15FN2O. The van der Waals surface area contributed by atoms with Gasteiger partial charge in [0.15, 0.2) is 5.60 Å². The summed E-state index contributed by atoms with van der Waals surface area (Å²) >= 11 is 0. The smallest absolute Gasteiger partial charge is 0.174 e. The minimum Gasteiger partial charge on any atom is -0.373 e. The number of nitrogens with zero attached hydrogens (tertiary/aromatic N) is 2. The summed E-state index contributed by atoms with van der Waals surface area (Å²) in [6, 6.07) is 13.8. The summed E-state index contributed by atoms with van der Waals surface area (Å²) in [5.41, 5.74) is 0.899. The topological polar surface area (TPSA) is 35.8 Å². The number of hydrogen-bond donors (Lipinski definition) is 1. The van der Waals surface area contributed by atoms with Crippen molar-refractivity contribution in [2.24, 2.45) is 4.99 Å². The van der Waals surface area contributed by atoms with Gasteiger partial charge >= 0.3 is 0 Å². The van der Waals surface area contributed by atoms with Crippen LogP contribution in [-0.4, -0.2) is 24.0 Å². The van der Waals surface area contributed by atoms with Crippen LogP contribution in [0, 0.1) is 5.82 Å². The molecule has 2 aliphatic rings. The molecule has 4 heteroatoms. The number of para-hydroxylation sites is 1. The molecule has 0 aromatic heterocycles. The van der Waals surface area contributed by atoms with Crippen LogP contribution in [0.15, 0.2) is 53.5 Å². The first-order valence-corrected chi connectivity index (χ1v) is 7.11. The van der Waals surface area contributed by atoms with Gasteiger partial charge in [-0.3, -0.25) is 4.99 Å². The van der Waals surface area contributed by atoms with E-state index in [9.17, 15) is 9.50 Å². The van der Waals surface area contributed by atoms with Crippen LogP contribution in [0.5, 0.6) is 0 Å². The molecule has 0 saturated carbocycles. The average Bonchev–Trinajstić information content (AvgIpc) is 2.79. The Kier molecular flexibility index (Phi) is 2.62. The van der Waals surface area contributed by atoms with Gasteiger partial charge in [0.1, 0.15) is 11.7 Å². The maximum Gasteiger partial charge on any atom is 0.174 e. The number of halogens is 1. The molecule has 2 aromatic carbocycles. The third-order valence-electron chi connectivity index (χ3n) is 4.21. The van der Waals surface area contributed by atoms with Gasteiger partial charge in [-0.25, -0.2) is 4.39 Å². The van der Waals surface area contributed by atoms with E-state index in [1.807, 2.05) is 29.2 Å². The summed E-state index contributed by atoms with van der Waals surface area (Å²) in [5, 5.41) is 11.4. The van der Waals surface area contributed by atoms with Crippen molar-refractivity contribution in [3.05, 3.63) is 65.5 Å². The second-order valence-electron chi connectivity index (χ2n) is 5.45. The highest BCUT2D eigenvalue weighted by atomic mass is 19.1. The Morgan fingerprint density at radius 2 is 2.00 bits per heavy atom. The quantitative estimate of drug-likeness (QED) is 0.873. The van der Waals surface area contributed by atoms with Crippen molar-refractivity contribution in [1.29, 1.82) is 0 Å². The Morgan fingerprint density at radius 1 is 1.14 bits per heavy atom. The highest BCUT2D eigenvalue weighted by molar-refractivity contribution is 6.12. The Balaban J connectivity index is 2.00. The molecule has 2 aliphatic heterocycles. The maximum atomic E-state index is 13.6. The standard InChI is InChI=1S/C17H15FN2O/c18-13-6-3-5-12(11-13)17(21)14-7-1-2-8-15(14)20-10-4-9-19-16(17)20/h1-3,5-8,11,21H,4,9-10H2. The molecule has 2 aromatic rings. The molecule has 4 rings (SSSR count). The lowest BCUT2D eigenvalue weighted by atomic mass is 9.87. The number of aliphatic imine (C=N–C) groups is 1. The second kappa shape index (κ2) is 4.40. The summed E-state index contributed by atoms with van der Waals surface area (Å²) in [6.07, 6.45) is 0.955. The fourth-order valence-corrected chi connectivity index (χ4v) is 3.28. The largest absolute Gasteiger partial charge is 0.373 e. The summed E-state index contributed by atoms with van der Waals surface area (Å²) in [7, 11) is 0. The molecule has 1 N–H and O–H groups in total. The van der Waals surface area contributed by atoms with Crippen molar-refractivity contribution in [3.63, 3.8) is 0 Å². The lowest BCUT2D eigenvalue weighted by Gasteiger charge is -2.30. The van der Waals surface area contributed by atoms with Crippen LogP contribution in [0.2, 0.25) is 0 Å². The zero-order valence-electron chi connectivity index (χ0n) is 11.5. The van der Waals surface area contributed by atoms with Crippen LogP contribution in [0.25, 0.3) is 0 Å². The first-order chi connectivity index (χ1) is 10.2. The molecule has 1 atom stereocenters. The number of aliphatic hydroxyl groups is 1. The van der Waals surface area contributed by atoms with Gasteiger partial charge in [-0.2, -0.15) is 0 Å². The summed E-state index contributed by atoms with van der Waals surface area (Å²) in [4.78, 5) is 6.58. The summed E-state index contributed by atoms with van der Waals surface area (Å²) in [5.74, 6) is 0.258. The van der Waals surface area contributed by atoms with E-state index in [-0.39, 0.29) is 5.82 Å². The fourth-order valence-electron chi connectivity index (χ4n) is 3.28. The molecule has 0 aliphatic carbocycles. The van der Waals surface area contributed by atoms with Crippen LogP contribution < -0.4 is 4.90 Å². The molecule has 0 spiro atoms. The molecule has 21 heavy (non-hydrogen) atoms. The Labute approximate surface area is 122 Å². The molecule has 0 bridgehead atoms. The van der Waals surface area contributed by atoms with Gasteiger partial charge < -0.3 is 10.0 Å². The Hall–Kier alpha value is -2.20. The van der Waals surface area contributed by atoms with Crippen LogP contribution >= 0.6 is 0 Å². The van der Waals surface area contributed by atoms with E-state index in [2.05, 4.69) is 4.99 Å². The summed E-state index contributed by atoms with van der Waals surface area (Å²) in [6.45, 7) is 1.52. The zero-order valence-corrected chi connectivity index (χ0v) is 11.5. The van der Waals surface area contributed by atoms with Crippen LogP contribution in [0.1, 0.15) is 17.5 Å². The van der Waals surface area contributed by atoms with E-state index in [0.717, 1.165) is 24.2 Å². The molecule has 0 fully saturated rings. The number of anilines is 1. The minimum atomic E-state index is -1.36. The zero-order chi connectivity index (χ0) is 14.4. The molecule has 1 unspecified atom stereocenters. The van der Waals surface area contributed by atoms with Crippen molar-refractivity contribution < 1.29 is 9.50 Å².